The molecule has 0 unspecified atom stereocenters. The lowest BCUT2D eigenvalue weighted by Crippen LogP contribution is -2.47. The second kappa shape index (κ2) is 10.8. The average Bonchev–Trinajstić information content (AvgIpc) is 2.80. The summed E-state index contributed by atoms with van der Waals surface area (Å²) >= 11 is 0. The summed E-state index contributed by atoms with van der Waals surface area (Å²) in [6.07, 6.45) is 0. The first kappa shape index (κ1) is 26.1. The number of hydrogen-bond acceptors (Lipinski definition) is 7. The lowest BCUT2D eigenvalue weighted by atomic mass is 10.3. The average molecular weight is 511 g/mol. The summed E-state index contributed by atoms with van der Waals surface area (Å²) < 4.78 is 59.9. The Morgan fingerprint density at radius 2 is 1.50 bits per heavy atom. The van der Waals surface area contributed by atoms with Crippen molar-refractivity contribution in [3.63, 3.8) is 0 Å². The normalized spacial score (nSPS) is 16.7. The zero-order valence-corrected chi connectivity index (χ0v) is 21.0. The Kier molecular flexibility index (Phi) is 8.31. The van der Waals surface area contributed by atoms with Gasteiger partial charge in [0.25, 0.3) is 0 Å². The second-order valence-electron chi connectivity index (χ2n) is 7.97. The second-order valence-corrected chi connectivity index (χ2v) is 11.6. The third kappa shape index (κ3) is 6.33. The summed E-state index contributed by atoms with van der Waals surface area (Å²) in [6.45, 7) is 5.88. The maximum absolute atomic E-state index is 12.8. The number of likely N-dealkylation sites (N-methyl/N-ethyl adjacent to an activating group) is 1. The Labute approximate surface area is 201 Å². The van der Waals surface area contributed by atoms with E-state index in [9.17, 15) is 21.6 Å². The van der Waals surface area contributed by atoms with Crippen LogP contribution in [0.4, 0.5) is 5.69 Å². The first-order valence-corrected chi connectivity index (χ1v) is 13.8. The minimum Gasteiger partial charge on any atom is -0.494 e. The number of piperazine rings is 1. The Morgan fingerprint density at radius 3 is 2.06 bits per heavy atom. The molecule has 1 aliphatic rings. The van der Waals surface area contributed by atoms with E-state index in [2.05, 4.69) is 14.9 Å². The van der Waals surface area contributed by atoms with E-state index < -0.39 is 32.0 Å². The van der Waals surface area contributed by atoms with E-state index >= 15 is 0 Å². The Hall–Kier alpha value is -2.51. The number of amides is 1. The fourth-order valence-electron chi connectivity index (χ4n) is 3.37. The Balaban J connectivity index is 1.61. The quantitative estimate of drug-likeness (QED) is 0.521. The molecule has 34 heavy (non-hydrogen) atoms. The van der Waals surface area contributed by atoms with Crippen LogP contribution < -0.4 is 14.8 Å². The predicted molar refractivity (Wildman–Crippen MR) is 129 cm³/mol. The molecule has 0 spiro atoms. The van der Waals surface area contributed by atoms with Gasteiger partial charge in [0.15, 0.2) is 0 Å². The highest BCUT2D eigenvalue weighted by molar-refractivity contribution is 7.89. The highest BCUT2D eigenvalue weighted by Gasteiger charge is 2.27. The fraction of sp³-hybridized carbons (Fsp3) is 0.409. The zero-order valence-electron chi connectivity index (χ0n) is 19.4. The van der Waals surface area contributed by atoms with E-state index in [1.165, 1.54) is 47.6 Å². The fourth-order valence-corrected chi connectivity index (χ4v) is 6.00. The zero-order chi connectivity index (χ0) is 24.9. The number of nitrogens with one attached hydrogen (secondary N) is 2. The molecule has 0 aromatic heterocycles. The maximum atomic E-state index is 12.8. The molecule has 3 rings (SSSR count). The first-order valence-electron chi connectivity index (χ1n) is 10.9. The minimum absolute atomic E-state index is 0.00840. The van der Waals surface area contributed by atoms with E-state index in [0.717, 1.165) is 0 Å². The van der Waals surface area contributed by atoms with Crippen molar-refractivity contribution in [2.24, 2.45) is 0 Å². The first-order chi connectivity index (χ1) is 16.0. The van der Waals surface area contributed by atoms with Crippen LogP contribution in [0.1, 0.15) is 13.8 Å². The van der Waals surface area contributed by atoms with E-state index in [1.54, 1.807) is 12.1 Å². The number of benzene rings is 2. The number of rotatable bonds is 9. The lowest BCUT2D eigenvalue weighted by Gasteiger charge is -2.31. The molecular weight excluding hydrogens is 480 g/mol. The van der Waals surface area contributed by atoms with Crippen molar-refractivity contribution in [2.75, 3.05) is 45.2 Å². The highest BCUT2D eigenvalue weighted by Crippen LogP contribution is 2.20. The number of hydrogen-bond donors (Lipinski definition) is 2. The molecule has 2 aromatic carbocycles. The van der Waals surface area contributed by atoms with Crippen molar-refractivity contribution in [1.29, 1.82) is 0 Å². The van der Waals surface area contributed by atoms with Crippen LogP contribution in [-0.2, 0) is 24.8 Å². The summed E-state index contributed by atoms with van der Waals surface area (Å²) in [4.78, 5) is 14.7. The molecule has 186 valence electrons. The van der Waals surface area contributed by atoms with Crippen LogP contribution in [0.2, 0.25) is 0 Å². The number of anilines is 1. The van der Waals surface area contributed by atoms with Crippen molar-refractivity contribution in [1.82, 2.24) is 13.9 Å². The van der Waals surface area contributed by atoms with Crippen LogP contribution in [-0.4, -0.2) is 77.8 Å². The van der Waals surface area contributed by atoms with Crippen molar-refractivity contribution in [3.8, 4) is 5.75 Å². The van der Waals surface area contributed by atoms with Gasteiger partial charge in [-0.05, 0) is 69.4 Å². The van der Waals surface area contributed by atoms with Gasteiger partial charge in [0.2, 0.25) is 26.0 Å². The number of nitrogens with zero attached hydrogens (tertiary/aromatic N) is 2. The standard InChI is InChI=1S/C22H30N4O6S2/c1-4-32-19-7-11-20(12-8-19)33(28,29)24-17(2)22(27)23-18-5-9-21(10-6-18)34(30,31)26-15-13-25(3)14-16-26/h5-12,17,24H,4,13-16H2,1-3H3,(H,23,27)/t17-/m1/s1. The van der Waals surface area contributed by atoms with Gasteiger partial charge in [0.1, 0.15) is 5.75 Å². The monoisotopic (exact) mass is 510 g/mol. The molecule has 1 atom stereocenters. The largest absolute Gasteiger partial charge is 0.494 e. The summed E-state index contributed by atoms with van der Waals surface area (Å²) in [6, 6.07) is 10.6. The van der Waals surface area contributed by atoms with Gasteiger partial charge in [-0.3, -0.25) is 4.79 Å². The molecule has 1 amide bonds. The molecule has 1 saturated heterocycles. The molecular formula is C22H30N4O6S2. The van der Waals surface area contributed by atoms with E-state index in [1.807, 2.05) is 14.0 Å². The number of carbonyl (C=O) groups is 1. The molecule has 0 radical (unpaired) electrons. The van der Waals surface area contributed by atoms with Gasteiger partial charge in [-0.2, -0.15) is 9.03 Å². The molecule has 0 saturated carbocycles. The summed E-state index contributed by atoms with van der Waals surface area (Å²) in [5.74, 6) is -0.0329. The molecule has 12 heteroatoms. The van der Waals surface area contributed by atoms with Crippen LogP contribution in [0.5, 0.6) is 5.75 Å². The number of sulfonamides is 2. The van der Waals surface area contributed by atoms with Gasteiger partial charge >= 0.3 is 0 Å². The molecule has 0 bridgehead atoms. The van der Waals surface area contributed by atoms with Gasteiger partial charge in [-0.25, -0.2) is 16.8 Å². The molecule has 2 N–H and O–H groups in total. The molecule has 1 aliphatic heterocycles. The van der Waals surface area contributed by atoms with Crippen molar-refractivity contribution >= 4 is 31.6 Å². The SMILES string of the molecule is CCOc1ccc(S(=O)(=O)N[C@H](C)C(=O)Nc2ccc(S(=O)(=O)N3CCN(C)CC3)cc2)cc1. The van der Waals surface area contributed by atoms with Crippen LogP contribution in [0.15, 0.2) is 58.3 Å². The highest BCUT2D eigenvalue weighted by atomic mass is 32.2. The number of carbonyl (C=O) groups excluding carboxylic acids is 1. The maximum Gasteiger partial charge on any atom is 0.243 e. The number of ether oxygens (including phenoxy) is 1. The van der Waals surface area contributed by atoms with Gasteiger partial charge in [0, 0.05) is 31.9 Å². The van der Waals surface area contributed by atoms with Crippen LogP contribution in [0.3, 0.4) is 0 Å². The van der Waals surface area contributed by atoms with Crippen LogP contribution in [0, 0.1) is 0 Å². The van der Waals surface area contributed by atoms with E-state index in [-0.39, 0.29) is 9.79 Å². The van der Waals surface area contributed by atoms with Crippen molar-refractivity contribution in [3.05, 3.63) is 48.5 Å². The Morgan fingerprint density at radius 1 is 0.941 bits per heavy atom. The van der Waals surface area contributed by atoms with Gasteiger partial charge < -0.3 is 15.0 Å². The summed E-state index contributed by atoms with van der Waals surface area (Å²) in [5.41, 5.74) is 0.356. The van der Waals surface area contributed by atoms with Gasteiger partial charge in [-0.15, -0.1) is 0 Å². The summed E-state index contributed by atoms with van der Waals surface area (Å²) in [7, 11) is -5.60. The van der Waals surface area contributed by atoms with E-state index in [4.69, 9.17) is 4.74 Å². The smallest absolute Gasteiger partial charge is 0.243 e. The molecule has 1 heterocycles. The molecule has 0 aliphatic carbocycles. The molecule has 2 aromatic rings. The molecule has 10 nitrogen and oxygen atoms in total. The predicted octanol–water partition coefficient (Wildman–Crippen LogP) is 1.33. The topological polar surface area (TPSA) is 125 Å². The minimum atomic E-state index is -3.93. The third-order valence-electron chi connectivity index (χ3n) is 5.39. The third-order valence-corrected chi connectivity index (χ3v) is 8.86. The van der Waals surface area contributed by atoms with Crippen molar-refractivity contribution in [2.45, 2.75) is 29.7 Å². The van der Waals surface area contributed by atoms with Gasteiger partial charge in [0.05, 0.1) is 22.4 Å². The van der Waals surface area contributed by atoms with Crippen LogP contribution in [0.25, 0.3) is 0 Å². The van der Waals surface area contributed by atoms with Crippen molar-refractivity contribution < 1.29 is 26.4 Å². The van der Waals surface area contributed by atoms with E-state index in [0.29, 0.717) is 44.2 Å². The molecule has 1 fully saturated rings. The lowest BCUT2D eigenvalue weighted by molar-refractivity contribution is -0.117. The summed E-state index contributed by atoms with van der Waals surface area (Å²) in [5, 5.41) is 2.60. The Bertz CT molecular complexity index is 1190. The van der Waals surface area contributed by atoms with Gasteiger partial charge in [-0.1, -0.05) is 0 Å². The van der Waals surface area contributed by atoms with Crippen LogP contribution >= 0.6 is 0 Å².